The zero-order valence-electron chi connectivity index (χ0n) is 15.0. The molecular weight excluding hydrogens is 381 g/mol. The van der Waals surface area contributed by atoms with Crippen LogP contribution in [0.4, 0.5) is 0 Å². The van der Waals surface area contributed by atoms with Crippen LogP contribution >= 0.6 is 23.2 Å². The van der Waals surface area contributed by atoms with E-state index < -0.39 is 0 Å². The number of carbonyl (C=O) groups is 1. The molecule has 2 fully saturated rings. The molecule has 1 heterocycles. The fourth-order valence-corrected chi connectivity index (χ4v) is 4.72. The van der Waals surface area contributed by atoms with E-state index in [2.05, 4.69) is 6.07 Å². The molecular formula is C22H23Cl2NO2. The van der Waals surface area contributed by atoms with E-state index in [1.807, 2.05) is 47.4 Å². The second kappa shape index (κ2) is 7.83. The van der Waals surface area contributed by atoms with Crippen molar-refractivity contribution in [2.75, 3.05) is 6.61 Å². The third-order valence-corrected chi connectivity index (χ3v) is 6.32. The standard InChI is InChI=1S/C22H23Cl2NO2/c23-17-8-6-15(7-9-17)22-19(16-2-1-3-18(24)12-16)10-11-21(27)25(22)20(13-26)14-4-5-14/h1-3,6-9,12,14,19-20,22,26H,4-5,10-11,13H2/t19-,20-,22?/m1/s1. The largest absolute Gasteiger partial charge is 0.394 e. The van der Waals surface area contributed by atoms with Gasteiger partial charge in [-0.15, -0.1) is 0 Å². The maximum Gasteiger partial charge on any atom is 0.223 e. The lowest BCUT2D eigenvalue weighted by molar-refractivity contribution is -0.142. The molecule has 0 bridgehead atoms. The molecule has 1 saturated carbocycles. The Kier molecular flexibility index (Phi) is 5.45. The van der Waals surface area contributed by atoms with E-state index in [-0.39, 0.29) is 30.5 Å². The second-order valence-corrected chi connectivity index (χ2v) is 8.46. The molecule has 0 spiro atoms. The number of carbonyl (C=O) groups excluding carboxylic acids is 1. The van der Waals surface area contributed by atoms with Crippen molar-refractivity contribution in [2.45, 2.75) is 43.7 Å². The van der Waals surface area contributed by atoms with Crippen LogP contribution in [0.2, 0.25) is 10.0 Å². The average molecular weight is 404 g/mol. The van der Waals surface area contributed by atoms with Crippen LogP contribution in [0, 0.1) is 5.92 Å². The third kappa shape index (κ3) is 3.87. The summed E-state index contributed by atoms with van der Waals surface area (Å²) in [6.45, 7) is 0.00274. The highest BCUT2D eigenvalue weighted by molar-refractivity contribution is 6.30. The van der Waals surface area contributed by atoms with Gasteiger partial charge in [-0.1, -0.05) is 47.5 Å². The number of nitrogens with zero attached hydrogens (tertiary/aromatic N) is 1. The number of amides is 1. The minimum Gasteiger partial charge on any atom is -0.394 e. The molecule has 2 aliphatic rings. The highest BCUT2D eigenvalue weighted by Gasteiger charge is 2.45. The molecule has 2 aromatic carbocycles. The van der Waals surface area contributed by atoms with Gasteiger partial charge in [0.2, 0.25) is 5.91 Å². The first kappa shape index (κ1) is 18.8. The number of aliphatic hydroxyl groups excluding tert-OH is 1. The van der Waals surface area contributed by atoms with Gasteiger partial charge in [-0.2, -0.15) is 0 Å². The highest BCUT2D eigenvalue weighted by atomic mass is 35.5. The minimum absolute atomic E-state index is 0.00274. The Labute approximate surface area is 169 Å². The summed E-state index contributed by atoms with van der Waals surface area (Å²) in [7, 11) is 0. The van der Waals surface area contributed by atoms with Crippen LogP contribution in [0.1, 0.15) is 48.8 Å². The van der Waals surface area contributed by atoms with Crippen LogP contribution in [0.5, 0.6) is 0 Å². The molecule has 0 aromatic heterocycles. The number of halogens is 2. The molecule has 142 valence electrons. The predicted octanol–water partition coefficient (Wildman–Crippen LogP) is 5.21. The quantitative estimate of drug-likeness (QED) is 0.743. The minimum atomic E-state index is -0.125. The third-order valence-electron chi connectivity index (χ3n) is 5.84. The van der Waals surface area contributed by atoms with Gasteiger partial charge >= 0.3 is 0 Å². The summed E-state index contributed by atoms with van der Waals surface area (Å²) in [6, 6.07) is 15.4. The van der Waals surface area contributed by atoms with Crippen LogP contribution in [0.25, 0.3) is 0 Å². The van der Waals surface area contributed by atoms with Gasteiger partial charge in [-0.3, -0.25) is 4.79 Å². The van der Waals surface area contributed by atoms with Crippen LogP contribution in [0.15, 0.2) is 48.5 Å². The number of piperidine rings is 1. The van der Waals surface area contributed by atoms with E-state index in [1.54, 1.807) is 0 Å². The summed E-state index contributed by atoms with van der Waals surface area (Å²) in [5.74, 6) is 0.654. The molecule has 1 N–H and O–H groups in total. The molecule has 1 unspecified atom stereocenters. The van der Waals surface area contributed by atoms with E-state index in [1.165, 1.54) is 0 Å². The molecule has 3 atom stereocenters. The van der Waals surface area contributed by atoms with Crippen LogP contribution < -0.4 is 0 Å². The molecule has 1 amide bonds. The topological polar surface area (TPSA) is 40.5 Å². The SMILES string of the molecule is O=C1CC[C@H](c2cccc(Cl)c2)C(c2ccc(Cl)cc2)N1[C@H](CO)C1CC1. The predicted molar refractivity (Wildman–Crippen MR) is 108 cm³/mol. The smallest absolute Gasteiger partial charge is 0.223 e. The Morgan fingerprint density at radius 3 is 2.37 bits per heavy atom. The van der Waals surface area contributed by atoms with Gasteiger partial charge in [-0.05, 0) is 60.6 Å². The van der Waals surface area contributed by atoms with E-state index in [9.17, 15) is 9.90 Å². The number of likely N-dealkylation sites (tertiary alicyclic amines) is 1. The van der Waals surface area contributed by atoms with Crippen molar-refractivity contribution >= 4 is 29.1 Å². The number of benzene rings is 2. The summed E-state index contributed by atoms with van der Waals surface area (Å²) in [5, 5.41) is 11.5. The molecule has 4 rings (SSSR count). The number of aliphatic hydroxyl groups is 1. The van der Waals surface area contributed by atoms with Crippen molar-refractivity contribution < 1.29 is 9.90 Å². The summed E-state index contributed by atoms with van der Waals surface area (Å²) < 4.78 is 0. The van der Waals surface area contributed by atoms with Crippen molar-refractivity contribution in [1.82, 2.24) is 4.90 Å². The van der Waals surface area contributed by atoms with Gasteiger partial charge in [0.15, 0.2) is 0 Å². The monoisotopic (exact) mass is 403 g/mol. The van der Waals surface area contributed by atoms with Crippen LogP contribution in [-0.2, 0) is 4.79 Å². The lowest BCUT2D eigenvalue weighted by atomic mass is 9.79. The summed E-state index contributed by atoms with van der Waals surface area (Å²) >= 11 is 12.4. The Balaban J connectivity index is 1.79. The van der Waals surface area contributed by atoms with Crippen LogP contribution in [-0.4, -0.2) is 28.6 Å². The van der Waals surface area contributed by atoms with Gasteiger partial charge in [0, 0.05) is 22.4 Å². The average Bonchev–Trinajstić information content (AvgIpc) is 3.49. The van der Waals surface area contributed by atoms with Crippen molar-refractivity contribution in [3.63, 3.8) is 0 Å². The lowest BCUT2D eigenvalue weighted by Crippen LogP contribution is -2.50. The molecule has 5 heteroatoms. The Bertz CT molecular complexity index is 819. The summed E-state index contributed by atoms with van der Waals surface area (Å²) in [6.07, 6.45) is 3.41. The van der Waals surface area contributed by atoms with Crippen molar-refractivity contribution in [1.29, 1.82) is 0 Å². The number of hydrogen-bond acceptors (Lipinski definition) is 2. The summed E-state index contributed by atoms with van der Waals surface area (Å²) in [4.78, 5) is 14.9. The van der Waals surface area contributed by atoms with E-state index in [4.69, 9.17) is 23.2 Å². The summed E-state index contributed by atoms with van der Waals surface area (Å²) in [5.41, 5.74) is 2.18. The normalized spacial score (nSPS) is 24.1. The molecule has 1 saturated heterocycles. The van der Waals surface area contributed by atoms with Crippen molar-refractivity contribution in [2.24, 2.45) is 5.92 Å². The maximum atomic E-state index is 13.0. The van der Waals surface area contributed by atoms with Gasteiger partial charge in [-0.25, -0.2) is 0 Å². The van der Waals surface area contributed by atoms with Gasteiger partial charge in [0.05, 0.1) is 18.7 Å². The molecule has 2 aromatic rings. The fraction of sp³-hybridized carbons (Fsp3) is 0.409. The second-order valence-electron chi connectivity index (χ2n) is 7.58. The molecule has 0 radical (unpaired) electrons. The molecule has 27 heavy (non-hydrogen) atoms. The lowest BCUT2D eigenvalue weighted by Gasteiger charge is -2.45. The van der Waals surface area contributed by atoms with Gasteiger partial charge in [0.25, 0.3) is 0 Å². The van der Waals surface area contributed by atoms with Gasteiger partial charge < -0.3 is 10.0 Å². The molecule has 1 aliphatic carbocycles. The van der Waals surface area contributed by atoms with Crippen LogP contribution in [0.3, 0.4) is 0 Å². The Morgan fingerprint density at radius 1 is 1.00 bits per heavy atom. The van der Waals surface area contributed by atoms with Crippen molar-refractivity contribution in [3.8, 4) is 0 Å². The fourth-order valence-electron chi connectivity index (χ4n) is 4.39. The zero-order valence-corrected chi connectivity index (χ0v) is 16.5. The molecule has 1 aliphatic heterocycles. The van der Waals surface area contributed by atoms with E-state index >= 15 is 0 Å². The zero-order chi connectivity index (χ0) is 19.0. The number of hydrogen-bond donors (Lipinski definition) is 1. The highest BCUT2D eigenvalue weighted by Crippen LogP contribution is 2.48. The maximum absolute atomic E-state index is 13.0. The Morgan fingerprint density at radius 2 is 1.74 bits per heavy atom. The Hall–Kier alpha value is -1.55. The van der Waals surface area contributed by atoms with Crippen molar-refractivity contribution in [3.05, 3.63) is 69.7 Å². The number of rotatable bonds is 5. The van der Waals surface area contributed by atoms with Gasteiger partial charge in [0.1, 0.15) is 0 Å². The molecule has 3 nitrogen and oxygen atoms in total. The first-order valence-electron chi connectivity index (χ1n) is 9.51. The first-order valence-corrected chi connectivity index (χ1v) is 10.3. The van der Waals surface area contributed by atoms with E-state index in [0.29, 0.717) is 22.4 Å². The first-order chi connectivity index (χ1) is 13.1. The van der Waals surface area contributed by atoms with E-state index in [0.717, 1.165) is 30.4 Å².